The van der Waals surface area contributed by atoms with Gasteiger partial charge in [0.1, 0.15) is 7.85 Å². The predicted octanol–water partition coefficient (Wildman–Crippen LogP) is -0.215. The number of halogens is 1. The number of hydrogen-bond acceptors (Lipinski definition) is 2. The Balaban J connectivity index is 4.08. The Hall–Kier alpha value is -0.265. The van der Waals surface area contributed by atoms with E-state index in [9.17, 15) is 9.59 Å². The lowest BCUT2D eigenvalue weighted by molar-refractivity contribution is -0.134. The van der Waals surface area contributed by atoms with Crippen molar-refractivity contribution in [3.8, 4) is 0 Å². The number of nitrogens with zero attached hydrogens (tertiary/aromatic N) is 1. The zero-order chi connectivity index (χ0) is 11.0. The van der Waals surface area contributed by atoms with Crippen molar-refractivity contribution in [1.29, 1.82) is 0 Å². The van der Waals surface area contributed by atoms with Crippen LogP contribution in [0.25, 0.3) is 0 Å². The van der Waals surface area contributed by atoms with Crippen LogP contribution in [-0.4, -0.2) is 42.2 Å². The van der Waals surface area contributed by atoms with E-state index in [1.165, 1.54) is 0 Å². The number of hydrogen-bond donors (Lipinski definition) is 1. The third-order valence-electron chi connectivity index (χ3n) is 1.75. The molecule has 0 unspecified atom stereocenters. The van der Waals surface area contributed by atoms with Crippen LogP contribution in [0.3, 0.4) is 0 Å². The van der Waals surface area contributed by atoms with E-state index in [4.69, 9.17) is 0 Å². The van der Waals surface area contributed by atoms with Crippen LogP contribution in [0.5, 0.6) is 0 Å². The summed E-state index contributed by atoms with van der Waals surface area (Å²) in [6.07, 6.45) is 1.33. The summed E-state index contributed by atoms with van der Waals surface area (Å²) in [5.41, 5.74) is 0. The van der Waals surface area contributed by atoms with E-state index < -0.39 is 0 Å². The average molecular weight is 310 g/mol. The second kappa shape index (κ2) is 8.08. The second-order valence-electron chi connectivity index (χ2n) is 2.90. The van der Waals surface area contributed by atoms with Crippen LogP contribution in [0, 0.1) is 0 Å². The zero-order valence-electron chi connectivity index (χ0n) is 8.68. The van der Waals surface area contributed by atoms with Crippen molar-refractivity contribution in [3.63, 3.8) is 0 Å². The van der Waals surface area contributed by atoms with E-state index >= 15 is 0 Å². The van der Waals surface area contributed by atoms with Crippen molar-refractivity contribution in [1.82, 2.24) is 10.2 Å². The Labute approximate surface area is 99.3 Å². The Morgan fingerprint density at radius 2 is 2.14 bits per heavy atom. The van der Waals surface area contributed by atoms with Crippen LogP contribution >= 0.6 is 22.6 Å². The van der Waals surface area contributed by atoms with Gasteiger partial charge in [0.25, 0.3) is 0 Å². The van der Waals surface area contributed by atoms with E-state index in [0.29, 0.717) is 17.4 Å². The number of alkyl halides is 1. The molecule has 1 N–H and O–H groups in total. The molecule has 0 spiro atoms. The Kier molecular flexibility index (Phi) is 7.92. The number of nitrogens with one attached hydrogen (secondary N) is 1. The van der Waals surface area contributed by atoms with Gasteiger partial charge in [-0.05, 0) is 12.7 Å². The highest BCUT2D eigenvalue weighted by atomic mass is 127. The molecule has 14 heavy (non-hydrogen) atoms. The van der Waals surface area contributed by atoms with Gasteiger partial charge in [-0.25, -0.2) is 0 Å². The number of carbonyl (C=O) groups excluding carboxylic acids is 2. The summed E-state index contributed by atoms with van der Waals surface area (Å²) in [5, 5.41) is 2.67. The molecule has 0 saturated heterocycles. The summed E-state index contributed by atoms with van der Waals surface area (Å²) >= 11 is 2.06. The molecule has 80 valence electrons. The fourth-order valence-corrected chi connectivity index (χ4v) is 1.51. The molecule has 0 fully saturated rings. The first kappa shape index (κ1) is 13.7. The number of rotatable bonds is 6. The number of carbonyl (C=O) groups is 2. The van der Waals surface area contributed by atoms with Gasteiger partial charge in [0, 0.05) is 6.54 Å². The molecule has 0 heterocycles. The molecule has 0 atom stereocenters. The van der Waals surface area contributed by atoms with Gasteiger partial charge < -0.3 is 10.2 Å². The standard InChI is InChI=1S/C8H16BIN2O2/c1-2-3-12(8(14)4-9)5-7(13)11-6-10/h2-6,9H2,1H3,(H,11,13). The smallest absolute Gasteiger partial charge is 0.240 e. The normalized spacial score (nSPS) is 9.57. The summed E-state index contributed by atoms with van der Waals surface area (Å²) in [5.74, 6) is -0.0508. The molecule has 4 nitrogen and oxygen atoms in total. The van der Waals surface area contributed by atoms with Crippen LogP contribution < -0.4 is 5.32 Å². The zero-order valence-corrected chi connectivity index (χ0v) is 10.8. The highest BCUT2D eigenvalue weighted by Crippen LogP contribution is 1.95. The maximum absolute atomic E-state index is 11.4. The van der Waals surface area contributed by atoms with E-state index in [-0.39, 0.29) is 18.4 Å². The minimum atomic E-state index is -0.0883. The van der Waals surface area contributed by atoms with E-state index in [1.807, 2.05) is 6.92 Å². The third kappa shape index (κ3) is 5.46. The maximum atomic E-state index is 11.4. The van der Waals surface area contributed by atoms with Crippen molar-refractivity contribution in [2.75, 3.05) is 17.6 Å². The molecule has 0 radical (unpaired) electrons. The highest BCUT2D eigenvalue weighted by molar-refractivity contribution is 14.1. The Morgan fingerprint density at radius 3 is 2.57 bits per heavy atom. The van der Waals surface area contributed by atoms with Crippen LogP contribution in [0.2, 0.25) is 6.32 Å². The maximum Gasteiger partial charge on any atom is 0.240 e. The van der Waals surface area contributed by atoms with Crippen molar-refractivity contribution < 1.29 is 9.59 Å². The lowest BCUT2D eigenvalue weighted by Gasteiger charge is -2.20. The minimum Gasteiger partial charge on any atom is -0.346 e. The third-order valence-corrected chi connectivity index (χ3v) is 2.13. The van der Waals surface area contributed by atoms with Crippen molar-refractivity contribution in [2.45, 2.75) is 19.7 Å². The molecule has 2 amide bonds. The van der Waals surface area contributed by atoms with Gasteiger partial charge in [-0.1, -0.05) is 29.5 Å². The average Bonchev–Trinajstić information content (AvgIpc) is 2.16. The monoisotopic (exact) mass is 310 g/mol. The van der Waals surface area contributed by atoms with Gasteiger partial charge >= 0.3 is 0 Å². The first-order valence-corrected chi connectivity index (χ1v) is 6.28. The van der Waals surface area contributed by atoms with Gasteiger partial charge in [0.15, 0.2) is 0 Å². The largest absolute Gasteiger partial charge is 0.346 e. The second-order valence-corrected chi connectivity index (χ2v) is 3.67. The van der Waals surface area contributed by atoms with Gasteiger partial charge in [0.2, 0.25) is 11.8 Å². The molecule has 6 heteroatoms. The van der Waals surface area contributed by atoms with Crippen molar-refractivity contribution in [2.24, 2.45) is 0 Å². The van der Waals surface area contributed by atoms with Crippen molar-refractivity contribution >= 4 is 42.3 Å². The van der Waals surface area contributed by atoms with Crippen LogP contribution in [0.15, 0.2) is 0 Å². The van der Waals surface area contributed by atoms with E-state index in [2.05, 4.69) is 27.9 Å². The number of amides is 2. The van der Waals surface area contributed by atoms with Crippen LogP contribution in [0.1, 0.15) is 13.3 Å². The molecular weight excluding hydrogens is 294 g/mol. The molecule has 0 aromatic carbocycles. The molecule has 0 aromatic rings. The molecule has 0 saturated carbocycles. The molecule has 0 aliphatic rings. The van der Waals surface area contributed by atoms with E-state index in [0.717, 1.165) is 6.42 Å². The predicted molar refractivity (Wildman–Crippen MR) is 67.3 cm³/mol. The van der Waals surface area contributed by atoms with Crippen LogP contribution in [-0.2, 0) is 9.59 Å². The topological polar surface area (TPSA) is 49.4 Å². The molecule has 0 aliphatic carbocycles. The molecule has 0 rings (SSSR count). The Morgan fingerprint density at radius 1 is 1.50 bits per heavy atom. The molecule has 0 aromatic heterocycles. The summed E-state index contributed by atoms with van der Waals surface area (Å²) in [6.45, 7) is 2.83. The first-order chi connectivity index (χ1) is 6.65. The SMILES string of the molecule is BCC(=O)N(CCC)CC(=O)NCI. The highest BCUT2D eigenvalue weighted by Gasteiger charge is 2.13. The van der Waals surface area contributed by atoms with Gasteiger partial charge in [-0.3, -0.25) is 9.59 Å². The lowest BCUT2D eigenvalue weighted by atomic mass is 10.0. The molecule has 0 bridgehead atoms. The van der Waals surface area contributed by atoms with Gasteiger partial charge in [-0.2, -0.15) is 0 Å². The van der Waals surface area contributed by atoms with E-state index in [1.54, 1.807) is 12.7 Å². The summed E-state index contributed by atoms with van der Waals surface area (Å²) in [7, 11) is 1.81. The van der Waals surface area contributed by atoms with Crippen molar-refractivity contribution in [3.05, 3.63) is 0 Å². The van der Waals surface area contributed by atoms with Gasteiger partial charge in [0.05, 0.1) is 11.1 Å². The Bertz CT molecular complexity index is 202. The minimum absolute atomic E-state index is 0.0375. The summed E-state index contributed by atoms with van der Waals surface area (Å²) < 4.78 is 0.580. The van der Waals surface area contributed by atoms with Crippen LogP contribution in [0.4, 0.5) is 0 Å². The molecule has 0 aliphatic heterocycles. The fourth-order valence-electron chi connectivity index (χ4n) is 1.09. The summed E-state index contributed by atoms with van der Waals surface area (Å²) in [6, 6.07) is 0. The first-order valence-electron chi connectivity index (χ1n) is 4.76. The quantitative estimate of drug-likeness (QED) is 0.319. The summed E-state index contributed by atoms with van der Waals surface area (Å²) in [4.78, 5) is 24.2. The lowest BCUT2D eigenvalue weighted by Crippen LogP contribution is -2.40. The molecular formula is C8H16BIN2O2. The fraction of sp³-hybridized carbons (Fsp3) is 0.750. The van der Waals surface area contributed by atoms with Gasteiger partial charge in [-0.15, -0.1) is 0 Å².